The average molecular weight is 342 g/mol. The van der Waals surface area contributed by atoms with Gasteiger partial charge in [0.1, 0.15) is 20.0 Å². The summed E-state index contributed by atoms with van der Waals surface area (Å²) in [6, 6.07) is 0. The monoisotopic (exact) mass is 342 g/mol. The third kappa shape index (κ3) is 5.90. The SMILES string of the molecule is CCOCOCC(F)(F)C(F)(F)C(F)(F)COCC(C)OC. The van der Waals surface area contributed by atoms with Crippen LogP contribution in [0.4, 0.5) is 26.3 Å². The molecule has 0 aliphatic carbocycles. The summed E-state index contributed by atoms with van der Waals surface area (Å²) in [5.74, 6) is -15.8. The Labute approximate surface area is 124 Å². The highest BCUT2D eigenvalue weighted by Crippen LogP contribution is 2.45. The number of halogens is 6. The predicted octanol–water partition coefficient (Wildman–Crippen LogP) is 2.95. The lowest BCUT2D eigenvalue weighted by Crippen LogP contribution is -2.58. The van der Waals surface area contributed by atoms with E-state index in [9.17, 15) is 26.3 Å². The zero-order valence-corrected chi connectivity index (χ0v) is 12.5. The summed E-state index contributed by atoms with van der Waals surface area (Å²) in [5.41, 5.74) is 0. The zero-order valence-electron chi connectivity index (χ0n) is 12.5. The Morgan fingerprint density at radius 1 is 0.864 bits per heavy atom. The molecule has 4 nitrogen and oxygen atoms in total. The fraction of sp³-hybridized carbons (Fsp3) is 1.00. The fourth-order valence-electron chi connectivity index (χ4n) is 1.18. The maximum Gasteiger partial charge on any atom is 0.376 e. The van der Waals surface area contributed by atoms with Gasteiger partial charge in [0, 0.05) is 13.7 Å². The van der Waals surface area contributed by atoms with Crippen molar-refractivity contribution in [2.45, 2.75) is 37.7 Å². The molecule has 0 amide bonds. The number of rotatable bonds is 12. The molecule has 0 aromatic heterocycles. The first-order chi connectivity index (χ1) is 10.0. The molecule has 0 bridgehead atoms. The van der Waals surface area contributed by atoms with E-state index in [1.165, 1.54) is 21.0 Å². The van der Waals surface area contributed by atoms with Crippen LogP contribution in [0.2, 0.25) is 0 Å². The summed E-state index contributed by atoms with van der Waals surface area (Å²) in [7, 11) is 1.25. The van der Waals surface area contributed by atoms with E-state index in [1.54, 1.807) is 0 Å². The van der Waals surface area contributed by atoms with Crippen molar-refractivity contribution in [2.75, 3.05) is 40.3 Å². The quantitative estimate of drug-likeness (QED) is 0.310. The molecule has 22 heavy (non-hydrogen) atoms. The average Bonchev–Trinajstić information content (AvgIpc) is 2.42. The Morgan fingerprint density at radius 3 is 1.82 bits per heavy atom. The minimum atomic E-state index is -5.64. The van der Waals surface area contributed by atoms with Crippen molar-refractivity contribution in [2.24, 2.45) is 0 Å². The van der Waals surface area contributed by atoms with Crippen molar-refractivity contribution in [1.82, 2.24) is 0 Å². The molecule has 0 saturated heterocycles. The van der Waals surface area contributed by atoms with Gasteiger partial charge in [-0.3, -0.25) is 0 Å². The molecular weight excluding hydrogens is 322 g/mol. The second-order valence-corrected chi connectivity index (χ2v) is 4.50. The second kappa shape index (κ2) is 8.90. The van der Waals surface area contributed by atoms with Gasteiger partial charge in [0.15, 0.2) is 0 Å². The first-order valence-electron chi connectivity index (χ1n) is 6.41. The molecule has 1 unspecified atom stereocenters. The van der Waals surface area contributed by atoms with Crippen LogP contribution in [0.5, 0.6) is 0 Å². The highest BCUT2D eigenvalue weighted by atomic mass is 19.3. The maximum absolute atomic E-state index is 13.4. The molecule has 134 valence electrons. The topological polar surface area (TPSA) is 36.9 Å². The van der Waals surface area contributed by atoms with Crippen LogP contribution in [0, 0.1) is 0 Å². The number of hydrogen-bond donors (Lipinski definition) is 0. The van der Waals surface area contributed by atoms with Crippen LogP contribution < -0.4 is 0 Å². The summed E-state index contributed by atoms with van der Waals surface area (Å²) in [6.45, 7) is -1.85. The van der Waals surface area contributed by atoms with Gasteiger partial charge in [-0.05, 0) is 13.8 Å². The molecule has 0 radical (unpaired) electrons. The summed E-state index contributed by atoms with van der Waals surface area (Å²) >= 11 is 0. The van der Waals surface area contributed by atoms with Crippen LogP contribution in [-0.4, -0.2) is 64.2 Å². The largest absolute Gasteiger partial charge is 0.379 e. The Hall–Kier alpha value is -0.580. The maximum atomic E-state index is 13.4. The van der Waals surface area contributed by atoms with Gasteiger partial charge in [0.25, 0.3) is 0 Å². The van der Waals surface area contributed by atoms with E-state index in [2.05, 4.69) is 18.9 Å². The van der Waals surface area contributed by atoms with Crippen molar-refractivity contribution in [1.29, 1.82) is 0 Å². The summed E-state index contributed by atoms with van der Waals surface area (Å²) in [5, 5.41) is 0. The predicted molar refractivity (Wildman–Crippen MR) is 64.6 cm³/mol. The molecule has 0 rings (SSSR count). The fourth-order valence-corrected chi connectivity index (χ4v) is 1.18. The van der Waals surface area contributed by atoms with Gasteiger partial charge in [-0.2, -0.15) is 26.3 Å². The van der Waals surface area contributed by atoms with Crippen LogP contribution in [0.25, 0.3) is 0 Å². The van der Waals surface area contributed by atoms with Crippen molar-refractivity contribution in [3.63, 3.8) is 0 Å². The molecule has 0 spiro atoms. The second-order valence-electron chi connectivity index (χ2n) is 4.50. The van der Waals surface area contributed by atoms with Crippen LogP contribution in [0.3, 0.4) is 0 Å². The highest BCUT2D eigenvalue weighted by molar-refractivity contribution is 4.96. The molecule has 0 aromatic carbocycles. The van der Waals surface area contributed by atoms with E-state index in [1.807, 2.05) is 0 Å². The highest BCUT2D eigenvalue weighted by Gasteiger charge is 2.71. The first kappa shape index (κ1) is 21.4. The lowest BCUT2D eigenvalue weighted by atomic mass is 10.1. The lowest BCUT2D eigenvalue weighted by molar-refractivity contribution is -0.332. The summed E-state index contributed by atoms with van der Waals surface area (Å²) < 4.78 is 97.6. The minimum Gasteiger partial charge on any atom is -0.379 e. The van der Waals surface area contributed by atoms with Gasteiger partial charge >= 0.3 is 17.8 Å². The van der Waals surface area contributed by atoms with E-state index >= 15 is 0 Å². The van der Waals surface area contributed by atoms with Crippen LogP contribution in [0.1, 0.15) is 13.8 Å². The van der Waals surface area contributed by atoms with E-state index in [-0.39, 0.29) is 6.61 Å². The zero-order chi connectivity index (χ0) is 17.4. The van der Waals surface area contributed by atoms with E-state index in [4.69, 9.17) is 0 Å². The smallest absolute Gasteiger partial charge is 0.376 e. The molecule has 0 heterocycles. The number of alkyl halides is 6. The molecule has 0 fully saturated rings. The molecule has 0 N–H and O–H groups in total. The number of methoxy groups -OCH3 is 1. The molecule has 10 heteroatoms. The van der Waals surface area contributed by atoms with Gasteiger partial charge in [0.05, 0.1) is 12.7 Å². The number of hydrogen-bond acceptors (Lipinski definition) is 4. The van der Waals surface area contributed by atoms with Gasteiger partial charge in [0.2, 0.25) is 0 Å². The first-order valence-corrected chi connectivity index (χ1v) is 6.41. The third-order valence-corrected chi connectivity index (χ3v) is 2.61. The Kier molecular flexibility index (Phi) is 8.66. The van der Waals surface area contributed by atoms with Gasteiger partial charge in [-0.25, -0.2) is 0 Å². The number of ether oxygens (including phenoxy) is 4. The third-order valence-electron chi connectivity index (χ3n) is 2.61. The van der Waals surface area contributed by atoms with Crippen molar-refractivity contribution < 1.29 is 45.3 Å². The van der Waals surface area contributed by atoms with E-state index in [0.717, 1.165) is 0 Å². The molecule has 0 aliphatic rings. The van der Waals surface area contributed by atoms with Gasteiger partial charge in [-0.1, -0.05) is 0 Å². The Balaban J connectivity index is 4.63. The van der Waals surface area contributed by atoms with Crippen LogP contribution in [-0.2, 0) is 18.9 Å². The molecule has 1 atom stereocenters. The Bertz CT molecular complexity index is 314. The van der Waals surface area contributed by atoms with Crippen LogP contribution in [0.15, 0.2) is 0 Å². The van der Waals surface area contributed by atoms with Gasteiger partial charge < -0.3 is 18.9 Å². The van der Waals surface area contributed by atoms with Crippen LogP contribution >= 0.6 is 0 Å². The minimum absolute atomic E-state index is 0.101. The van der Waals surface area contributed by atoms with E-state index in [0.29, 0.717) is 0 Å². The normalized spacial score (nSPS) is 15.1. The molecule has 0 aromatic rings. The molecule has 0 saturated carbocycles. The summed E-state index contributed by atoms with van der Waals surface area (Å²) in [4.78, 5) is 0. The Morgan fingerprint density at radius 2 is 1.36 bits per heavy atom. The van der Waals surface area contributed by atoms with Crippen molar-refractivity contribution in [3.05, 3.63) is 0 Å². The van der Waals surface area contributed by atoms with Crippen molar-refractivity contribution in [3.8, 4) is 0 Å². The summed E-state index contributed by atoms with van der Waals surface area (Å²) in [6.07, 6.45) is -0.639. The molecular formula is C12H20F6O4. The van der Waals surface area contributed by atoms with Gasteiger partial charge in [-0.15, -0.1) is 0 Å². The van der Waals surface area contributed by atoms with Crippen molar-refractivity contribution >= 4 is 0 Å². The standard InChI is InChI=1S/C12H20F6O4/c1-4-20-8-22-7-11(15,16)12(17,18)10(13,14)6-21-5-9(2)19-3/h9H,4-8H2,1-3H3. The van der Waals surface area contributed by atoms with E-state index < -0.39 is 50.5 Å². The lowest BCUT2D eigenvalue weighted by Gasteiger charge is -2.32. The molecule has 0 aliphatic heterocycles.